The van der Waals surface area contributed by atoms with Crippen LogP contribution in [0.2, 0.25) is 0 Å². The molecule has 1 N–H and O–H groups in total. The number of hydrogen-bond acceptors (Lipinski definition) is 3. The van der Waals surface area contributed by atoms with Gasteiger partial charge in [-0.15, -0.1) is 0 Å². The van der Waals surface area contributed by atoms with E-state index in [4.69, 9.17) is 0 Å². The lowest BCUT2D eigenvalue weighted by Crippen LogP contribution is -2.55. The number of carboxylic acids is 1. The van der Waals surface area contributed by atoms with Crippen molar-refractivity contribution < 1.29 is 9.90 Å². The molecule has 0 bridgehead atoms. The highest BCUT2D eigenvalue weighted by molar-refractivity contribution is 5.75. The molecule has 1 fully saturated rings. The standard InChI is InChI=1S/C14H20N2O2/c1-10-5-4-6-11(2)13(10)16-8-7-15(3)12(9-16)14(17)18/h4-6,12H,7-9H2,1-3H3,(H,17,18). The average molecular weight is 248 g/mol. The molecule has 98 valence electrons. The van der Waals surface area contributed by atoms with Crippen LogP contribution in [0.3, 0.4) is 0 Å². The van der Waals surface area contributed by atoms with Gasteiger partial charge < -0.3 is 10.0 Å². The zero-order chi connectivity index (χ0) is 13.3. The molecule has 1 aromatic carbocycles. The predicted octanol–water partition coefficient (Wildman–Crippen LogP) is 1.51. The van der Waals surface area contributed by atoms with Gasteiger partial charge in [0.15, 0.2) is 0 Å². The van der Waals surface area contributed by atoms with Gasteiger partial charge in [0.05, 0.1) is 0 Å². The summed E-state index contributed by atoms with van der Waals surface area (Å²) in [5.41, 5.74) is 3.62. The Morgan fingerprint density at radius 2 is 1.89 bits per heavy atom. The van der Waals surface area contributed by atoms with Crippen molar-refractivity contribution in [1.82, 2.24) is 4.90 Å². The monoisotopic (exact) mass is 248 g/mol. The number of rotatable bonds is 2. The minimum Gasteiger partial charge on any atom is -0.480 e. The van der Waals surface area contributed by atoms with Crippen LogP contribution in [-0.2, 0) is 4.79 Å². The molecule has 1 aromatic rings. The number of likely N-dealkylation sites (N-methyl/N-ethyl adjacent to an activating group) is 1. The smallest absolute Gasteiger partial charge is 0.322 e. The van der Waals surface area contributed by atoms with Gasteiger partial charge in [0.25, 0.3) is 0 Å². The maximum atomic E-state index is 11.2. The molecule has 1 aliphatic rings. The number of aryl methyl sites for hydroxylation is 2. The van der Waals surface area contributed by atoms with Crippen molar-refractivity contribution in [3.8, 4) is 0 Å². The third-order valence-corrected chi connectivity index (χ3v) is 3.69. The van der Waals surface area contributed by atoms with Crippen molar-refractivity contribution in [3.05, 3.63) is 29.3 Å². The van der Waals surface area contributed by atoms with E-state index in [9.17, 15) is 9.90 Å². The quantitative estimate of drug-likeness (QED) is 0.861. The number of carboxylic acid groups (broad SMARTS) is 1. The summed E-state index contributed by atoms with van der Waals surface area (Å²) in [6.07, 6.45) is 0. The number of hydrogen-bond donors (Lipinski definition) is 1. The summed E-state index contributed by atoms with van der Waals surface area (Å²) in [5.74, 6) is -0.742. The van der Waals surface area contributed by atoms with Gasteiger partial charge in [-0.25, -0.2) is 0 Å². The predicted molar refractivity (Wildman–Crippen MR) is 72.2 cm³/mol. The zero-order valence-corrected chi connectivity index (χ0v) is 11.2. The summed E-state index contributed by atoms with van der Waals surface area (Å²) in [5, 5.41) is 9.24. The van der Waals surface area contributed by atoms with Crippen LogP contribution >= 0.6 is 0 Å². The Hall–Kier alpha value is -1.55. The van der Waals surface area contributed by atoms with Gasteiger partial charge in [0.1, 0.15) is 6.04 Å². The highest BCUT2D eigenvalue weighted by Gasteiger charge is 2.30. The summed E-state index contributed by atoms with van der Waals surface area (Å²) in [6, 6.07) is 5.78. The Bertz CT molecular complexity index is 439. The van der Waals surface area contributed by atoms with E-state index in [0.29, 0.717) is 6.54 Å². The molecule has 0 aliphatic carbocycles. The highest BCUT2D eigenvalue weighted by atomic mass is 16.4. The molecule has 0 saturated carbocycles. The fraction of sp³-hybridized carbons (Fsp3) is 0.500. The zero-order valence-electron chi connectivity index (χ0n) is 11.2. The van der Waals surface area contributed by atoms with Crippen molar-refractivity contribution >= 4 is 11.7 Å². The lowest BCUT2D eigenvalue weighted by Gasteiger charge is -2.39. The second-order valence-corrected chi connectivity index (χ2v) is 5.02. The summed E-state index contributed by atoms with van der Waals surface area (Å²) < 4.78 is 0. The Morgan fingerprint density at radius 1 is 1.28 bits per heavy atom. The van der Waals surface area contributed by atoms with E-state index in [-0.39, 0.29) is 0 Å². The molecule has 1 aliphatic heterocycles. The number of piperazine rings is 1. The van der Waals surface area contributed by atoms with Crippen LogP contribution < -0.4 is 4.90 Å². The molecule has 0 amide bonds. The fourth-order valence-corrected chi connectivity index (χ4v) is 2.65. The Morgan fingerprint density at radius 3 is 2.44 bits per heavy atom. The van der Waals surface area contributed by atoms with Gasteiger partial charge in [-0.3, -0.25) is 9.69 Å². The first kappa shape index (κ1) is 12.9. The van der Waals surface area contributed by atoms with Gasteiger partial charge in [-0.05, 0) is 32.0 Å². The second kappa shape index (κ2) is 4.98. The van der Waals surface area contributed by atoms with E-state index in [0.717, 1.165) is 13.1 Å². The average Bonchev–Trinajstić information content (AvgIpc) is 2.30. The lowest BCUT2D eigenvalue weighted by atomic mass is 10.1. The van der Waals surface area contributed by atoms with E-state index in [1.165, 1.54) is 16.8 Å². The molecule has 4 heteroatoms. The summed E-state index contributed by atoms with van der Waals surface area (Å²) in [6.45, 7) is 6.38. The molecule has 2 rings (SSSR count). The second-order valence-electron chi connectivity index (χ2n) is 5.02. The molecular weight excluding hydrogens is 228 g/mol. The molecule has 1 saturated heterocycles. The van der Waals surface area contributed by atoms with Crippen molar-refractivity contribution in [2.75, 3.05) is 31.6 Å². The van der Waals surface area contributed by atoms with E-state index in [2.05, 4.69) is 30.9 Å². The summed E-state index contributed by atoms with van der Waals surface area (Å²) in [7, 11) is 1.88. The van der Waals surface area contributed by atoms with Gasteiger partial charge >= 0.3 is 5.97 Å². The van der Waals surface area contributed by atoms with Crippen molar-refractivity contribution in [2.45, 2.75) is 19.9 Å². The van der Waals surface area contributed by atoms with E-state index in [1.54, 1.807) is 0 Å². The molecule has 0 radical (unpaired) electrons. The minimum absolute atomic E-state index is 0.419. The first-order chi connectivity index (χ1) is 8.50. The summed E-state index contributed by atoms with van der Waals surface area (Å²) >= 11 is 0. The van der Waals surface area contributed by atoms with Crippen LogP contribution in [0.1, 0.15) is 11.1 Å². The van der Waals surface area contributed by atoms with E-state index in [1.807, 2.05) is 18.0 Å². The lowest BCUT2D eigenvalue weighted by molar-refractivity contribution is -0.142. The van der Waals surface area contributed by atoms with E-state index < -0.39 is 12.0 Å². The van der Waals surface area contributed by atoms with Crippen molar-refractivity contribution in [2.24, 2.45) is 0 Å². The van der Waals surface area contributed by atoms with E-state index >= 15 is 0 Å². The Balaban J connectivity index is 2.27. The normalized spacial score (nSPS) is 21.1. The molecule has 0 aromatic heterocycles. The molecule has 18 heavy (non-hydrogen) atoms. The van der Waals surface area contributed by atoms with Crippen LogP contribution in [-0.4, -0.2) is 48.7 Å². The van der Waals surface area contributed by atoms with Gasteiger partial charge in [0.2, 0.25) is 0 Å². The Kier molecular flexibility index (Phi) is 3.57. The molecule has 4 nitrogen and oxygen atoms in total. The molecular formula is C14H20N2O2. The third-order valence-electron chi connectivity index (χ3n) is 3.69. The first-order valence-corrected chi connectivity index (χ1v) is 6.25. The third kappa shape index (κ3) is 2.34. The number of aliphatic carboxylic acids is 1. The summed E-state index contributed by atoms with van der Waals surface area (Å²) in [4.78, 5) is 15.4. The molecule has 1 heterocycles. The van der Waals surface area contributed by atoms with Crippen molar-refractivity contribution in [1.29, 1.82) is 0 Å². The maximum Gasteiger partial charge on any atom is 0.322 e. The number of para-hydroxylation sites is 1. The van der Waals surface area contributed by atoms with Crippen molar-refractivity contribution in [3.63, 3.8) is 0 Å². The number of carbonyl (C=O) groups is 1. The Labute approximate surface area is 108 Å². The van der Waals surface area contributed by atoms with Crippen LogP contribution in [0.5, 0.6) is 0 Å². The van der Waals surface area contributed by atoms with Gasteiger partial charge in [-0.1, -0.05) is 18.2 Å². The molecule has 1 atom stereocenters. The van der Waals surface area contributed by atoms with Crippen LogP contribution in [0.25, 0.3) is 0 Å². The number of benzene rings is 1. The van der Waals surface area contributed by atoms with Crippen LogP contribution in [0.15, 0.2) is 18.2 Å². The molecule has 1 unspecified atom stereocenters. The SMILES string of the molecule is Cc1cccc(C)c1N1CCN(C)C(C(=O)O)C1. The number of anilines is 1. The minimum atomic E-state index is -0.742. The highest BCUT2D eigenvalue weighted by Crippen LogP contribution is 2.26. The first-order valence-electron chi connectivity index (χ1n) is 6.25. The molecule has 0 spiro atoms. The fourth-order valence-electron chi connectivity index (χ4n) is 2.65. The van der Waals surface area contributed by atoms with Gasteiger partial charge in [-0.2, -0.15) is 0 Å². The largest absolute Gasteiger partial charge is 0.480 e. The van der Waals surface area contributed by atoms with Gasteiger partial charge in [0, 0.05) is 25.3 Å². The van der Waals surface area contributed by atoms with Crippen LogP contribution in [0, 0.1) is 13.8 Å². The maximum absolute atomic E-state index is 11.2. The number of nitrogens with zero attached hydrogens (tertiary/aromatic N) is 2. The van der Waals surface area contributed by atoms with Crippen LogP contribution in [0.4, 0.5) is 5.69 Å². The topological polar surface area (TPSA) is 43.8 Å².